The van der Waals surface area contributed by atoms with Gasteiger partial charge in [-0.2, -0.15) is 0 Å². The van der Waals surface area contributed by atoms with Crippen LogP contribution in [0.5, 0.6) is 0 Å². The molecule has 1 aromatic carbocycles. The zero-order valence-corrected chi connectivity index (χ0v) is 19.5. The molecule has 2 aliphatic carbocycles. The van der Waals surface area contributed by atoms with Crippen LogP contribution >= 0.6 is 0 Å². The van der Waals surface area contributed by atoms with Gasteiger partial charge in [-0.05, 0) is 0 Å². The Labute approximate surface area is 161 Å². The van der Waals surface area contributed by atoms with Gasteiger partial charge in [0.05, 0.1) is 0 Å². The average Bonchev–Trinajstić information content (AvgIpc) is 2.97. The number of allylic oxidation sites excluding steroid dienone is 6. The van der Waals surface area contributed by atoms with Gasteiger partial charge in [0.25, 0.3) is 0 Å². The second-order valence-electron chi connectivity index (χ2n) is 6.56. The number of fused-ring (bicyclic) bond motifs is 1. The summed E-state index contributed by atoms with van der Waals surface area (Å²) in [5.74, 6) is 0. The SMILES string of the molecule is CC1=CC[C]([Zr+2]([CH]2C(C)=C(C)c3ccccc32)=[Si](C)C)=C1.[Cl-].[Cl-]. The molecule has 1 atom stereocenters. The second-order valence-corrected chi connectivity index (χ2v) is 24.2. The molecule has 0 N–H and O–H groups in total. The molecule has 1 aromatic rings. The smallest absolute Gasteiger partial charge is 1.00 e. The van der Waals surface area contributed by atoms with E-state index >= 15 is 0 Å². The summed E-state index contributed by atoms with van der Waals surface area (Å²) < 4.78 is 2.67. The third kappa shape index (κ3) is 3.87. The van der Waals surface area contributed by atoms with E-state index in [1.54, 1.807) is 16.7 Å². The molecule has 0 aliphatic heterocycles. The normalized spacial score (nSPS) is 18.2. The largest absolute Gasteiger partial charge is 1.00 e. The first-order valence-electron chi connectivity index (χ1n) is 7.82. The van der Waals surface area contributed by atoms with E-state index in [0.29, 0.717) is 0 Å². The third-order valence-electron chi connectivity index (χ3n) is 4.92. The van der Waals surface area contributed by atoms with Gasteiger partial charge in [0.15, 0.2) is 0 Å². The first-order valence-corrected chi connectivity index (χ1v) is 16.7. The monoisotopic (exact) mass is 440 g/mol. The summed E-state index contributed by atoms with van der Waals surface area (Å²) in [6.07, 6.45) is 6.23. The zero-order valence-electron chi connectivity index (χ0n) is 14.5. The fourth-order valence-corrected chi connectivity index (χ4v) is 22.8. The Morgan fingerprint density at radius 2 is 1.70 bits per heavy atom. The molecule has 4 heteroatoms. The molecule has 1 unspecified atom stereocenters. The number of rotatable bonds is 2. The molecule has 0 bridgehead atoms. The van der Waals surface area contributed by atoms with E-state index in [4.69, 9.17) is 0 Å². The fraction of sp³-hybridized carbons (Fsp3) is 0.368. The van der Waals surface area contributed by atoms with Crippen molar-refractivity contribution in [3.8, 4) is 0 Å². The van der Waals surface area contributed by atoms with Crippen LogP contribution in [0.4, 0.5) is 0 Å². The van der Waals surface area contributed by atoms with Crippen LogP contribution in [0.15, 0.2) is 50.8 Å². The Balaban J connectivity index is 0.00000132. The molecule has 23 heavy (non-hydrogen) atoms. The molecule has 0 amide bonds. The fourth-order valence-electron chi connectivity index (χ4n) is 3.77. The molecule has 0 heterocycles. The van der Waals surface area contributed by atoms with Gasteiger partial charge in [-0.3, -0.25) is 0 Å². The molecule has 2 aliphatic rings. The van der Waals surface area contributed by atoms with Gasteiger partial charge in [0.1, 0.15) is 0 Å². The number of hydrogen-bond acceptors (Lipinski definition) is 0. The first-order chi connectivity index (χ1) is 10.0. The van der Waals surface area contributed by atoms with Crippen molar-refractivity contribution in [1.82, 2.24) is 0 Å². The van der Waals surface area contributed by atoms with Crippen molar-refractivity contribution >= 4 is 11.0 Å². The van der Waals surface area contributed by atoms with E-state index in [-0.39, 0.29) is 30.2 Å². The van der Waals surface area contributed by atoms with Crippen LogP contribution in [0.25, 0.3) is 5.57 Å². The maximum atomic E-state index is 2.57. The van der Waals surface area contributed by atoms with Crippen LogP contribution in [0, 0.1) is 0 Å². The minimum absolute atomic E-state index is 0. The maximum Gasteiger partial charge on any atom is -1.00 e. The minimum Gasteiger partial charge on any atom is -1.00 e. The first kappa shape index (κ1) is 21.2. The Hall–Kier alpha value is 0.120. The Morgan fingerprint density at radius 3 is 2.26 bits per heavy atom. The van der Waals surface area contributed by atoms with Crippen molar-refractivity contribution < 1.29 is 45.2 Å². The molecular weight excluding hydrogens is 418 g/mol. The second kappa shape index (κ2) is 8.48. The molecule has 122 valence electrons. The third-order valence-corrected chi connectivity index (χ3v) is 23.4. The van der Waals surface area contributed by atoms with Crippen LogP contribution in [-0.2, 0) is 20.4 Å². The number of hydrogen-bond donors (Lipinski definition) is 0. The van der Waals surface area contributed by atoms with Crippen molar-refractivity contribution in [2.24, 2.45) is 0 Å². The van der Waals surface area contributed by atoms with Gasteiger partial charge in [-0.1, -0.05) is 0 Å². The Morgan fingerprint density at radius 1 is 1.04 bits per heavy atom. The van der Waals surface area contributed by atoms with Gasteiger partial charge in [-0.15, -0.1) is 0 Å². The van der Waals surface area contributed by atoms with Crippen molar-refractivity contribution in [2.75, 3.05) is 0 Å². The summed E-state index contributed by atoms with van der Waals surface area (Å²) in [7, 11) is 0. The maximum absolute atomic E-state index is 2.57. The van der Waals surface area contributed by atoms with Crippen molar-refractivity contribution in [1.29, 1.82) is 0 Å². The van der Waals surface area contributed by atoms with Gasteiger partial charge < -0.3 is 24.8 Å². The van der Waals surface area contributed by atoms with Crippen LogP contribution in [0.1, 0.15) is 41.9 Å². The van der Waals surface area contributed by atoms with E-state index in [1.807, 2.05) is 3.28 Å². The number of benzene rings is 1. The summed E-state index contributed by atoms with van der Waals surface area (Å²) in [6, 6.07) is 9.18. The number of halogens is 2. The molecular formula is C19H24Cl2SiZr. The summed E-state index contributed by atoms with van der Waals surface area (Å²) in [4.78, 5) is 0. The molecule has 0 aromatic heterocycles. The van der Waals surface area contributed by atoms with Crippen molar-refractivity contribution in [2.45, 2.75) is 43.9 Å². The van der Waals surface area contributed by atoms with E-state index in [1.165, 1.54) is 17.6 Å². The van der Waals surface area contributed by atoms with Gasteiger partial charge in [0, 0.05) is 0 Å². The summed E-state index contributed by atoms with van der Waals surface area (Å²) in [5, 5.41) is 0. The summed E-state index contributed by atoms with van der Waals surface area (Å²) >= 11 is -1.62. The molecule has 0 fully saturated rings. The Bertz CT molecular complexity index is 737. The topological polar surface area (TPSA) is 0 Å². The van der Waals surface area contributed by atoms with Gasteiger partial charge >= 0.3 is 137 Å². The standard InChI is InChI=1S/C11H11.C6H7.C2H6Si.2ClH.Zr/c1-8-7-10-5-3-4-6-11(10)9(8)2;1-6-4-2-3-5-6;1-3-2;;;/h3-7H,1-2H3;4-5H,2H2,1H3;1-2H3;2*1H;/q;;;;;+2/p-2. The summed E-state index contributed by atoms with van der Waals surface area (Å²) in [5.41, 5.74) is 7.72. The van der Waals surface area contributed by atoms with Gasteiger partial charge in [0.2, 0.25) is 0 Å². The van der Waals surface area contributed by atoms with Crippen LogP contribution in [0.3, 0.4) is 0 Å². The van der Waals surface area contributed by atoms with Gasteiger partial charge in [-0.25, -0.2) is 0 Å². The Kier molecular flexibility index (Phi) is 7.80. The van der Waals surface area contributed by atoms with E-state index in [0.717, 1.165) is 3.63 Å². The molecule has 0 saturated carbocycles. The van der Waals surface area contributed by atoms with Crippen molar-refractivity contribution in [3.63, 3.8) is 0 Å². The zero-order chi connectivity index (χ0) is 15.1. The average molecular weight is 443 g/mol. The van der Waals surface area contributed by atoms with E-state index in [2.05, 4.69) is 70.3 Å². The summed E-state index contributed by atoms with van der Waals surface area (Å²) in [6.45, 7) is 12.1. The molecule has 0 radical (unpaired) electrons. The van der Waals surface area contributed by atoms with E-state index in [9.17, 15) is 0 Å². The molecule has 3 rings (SSSR count). The quantitative estimate of drug-likeness (QED) is 0.550. The van der Waals surface area contributed by atoms with E-state index < -0.39 is 20.4 Å². The predicted octanol–water partition coefficient (Wildman–Crippen LogP) is -0.354. The van der Waals surface area contributed by atoms with Crippen LogP contribution in [-0.4, -0.2) is 5.43 Å². The van der Waals surface area contributed by atoms with Crippen LogP contribution in [0.2, 0.25) is 13.1 Å². The molecule has 0 saturated heterocycles. The molecule has 0 spiro atoms. The van der Waals surface area contributed by atoms with Crippen LogP contribution < -0.4 is 24.8 Å². The minimum atomic E-state index is -1.62. The van der Waals surface area contributed by atoms with Crippen molar-refractivity contribution in [3.05, 3.63) is 62.0 Å². The molecule has 0 nitrogen and oxygen atoms in total. The predicted molar refractivity (Wildman–Crippen MR) is 91.4 cm³/mol.